The highest BCUT2D eigenvalue weighted by molar-refractivity contribution is 9.10. The zero-order valence-electron chi connectivity index (χ0n) is 11.0. The van der Waals surface area contributed by atoms with E-state index in [-0.39, 0.29) is 29.7 Å². The number of halogens is 1. The molecular formula is C11H17BrN4O3S. The number of nitrogens with one attached hydrogen (secondary N) is 1. The molecule has 1 aromatic heterocycles. The molecule has 20 heavy (non-hydrogen) atoms. The molecule has 0 radical (unpaired) electrons. The minimum absolute atomic E-state index is 0.0259. The third-order valence-electron chi connectivity index (χ3n) is 3.40. The lowest BCUT2D eigenvalue weighted by atomic mass is 9.99. The number of pyridine rings is 1. The van der Waals surface area contributed by atoms with Crippen LogP contribution in [-0.2, 0) is 10.0 Å². The third kappa shape index (κ3) is 2.96. The summed E-state index contributed by atoms with van der Waals surface area (Å²) in [5.41, 5.74) is 2.30. The average molecular weight is 365 g/mol. The van der Waals surface area contributed by atoms with E-state index < -0.39 is 16.1 Å². The van der Waals surface area contributed by atoms with Crippen molar-refractivity contribution in [3.63, 3.8) is 0 Å². The van der Waals surface area contributed by atoms with E-state index >= 15 is 0 Å². The summed E-state index contributed by atoms with van der Waals surface area (Å²) >= 11 is 3.21. The predicted molar refractivity (Wildman–Crippen MR) is 78.3 cm³/mol. The summed E-state index contributed by atoms with van der Waals surface area (Å²) in [6.07, 6.45) is 1.43. The molecule has 9 heteroatoms. The number of nitrogens with zero attached hydrogens (tertiary/aromatic N) is 2. The lowest BCUT2D eigenvalue weighted by Gasteiger charge is -2.33. The van der Waals surface area contributed by atoms with E-state index in [1.807, 2.05) is 6.92 Å². The molecule has 1 fully saturated rings. The number of aliphatic hydroxyl groups excluding tert-OH is 1. The van der Waals surface area contributed by atoms with Gasteiger partial charge in [-0.15, -0.1) is 0 Å². The Morgan fingerprint density at radius 2 is 2.30 bits per heavy atom. The van der Waals surface area contributed by atoms with Crippen LogP contribution in [0.25, 0.3) is 0 Å². The van der Waals surface area contributed by atoms with E-state index in [4.69, 9.17) is 5.84 Å². The number of nitrogen functional groups attached to an aromatic ring is 1. The highest BCUT2D eigenvalue weighted by Gasteiger charge is 2.34. The van der Waals surface area contributed by atoms with E-state index in [2.05, 4.69) is 26.3 Å². The van der Waals surface area contributed by atoms with E-state index in [0.29, 0.717) is 10.9 Å². The van der Waals surface area contributed by atoms with Gasteiger partial charge in [0.25, 0.3) is 0 Å². The summed E-state index contributed by atoms with van der Waals surface area (Å²) in [6.45, 7) is 2.39. The molecule has 2 heterocycles. The molecule has 2 unspecified atom stereocenters. The number of nitrogens with two attached hydrogens (primary N) is 1. The highest BCUT2D eigenvalue weighted by atomic mass is 79.9. The van der Waals surface area contributed by atoms with Gasteiger partial charge in [-0.2, -0.15) is 4.31 Å². The fraction of sp³-hybridized carbons (Fsp3) is 0.545. The van der Waals surface area contributed by atoms with Crippen molar-refractivity contribution in [3.8, 4) is 0 Å². The molecule has 1 aliphatic rings. The van der Waals surface area contributed by atoms with Gasteiger partial charge in [-0.25, -0.2) is 19.2 Å². The third-order valence-corrected chi connectivity index (χ3v) is 5.71. The van der Waals surface area contributed by atoms with Gasteiger partial charge in [-0.3, -0.25) is 0 Å². The zero-order chi connectivity index (χ0) is 14.9. The minimum Gasteiger partial charge on any atom is -0.393 e. The molecule has 1 aromatic rings. The van der Waals surface area contributed by atoms with Crippen molar-refractivity contribution < 1.29 is 13.5 Å². The number of aromatic nitrogens is 1. The van der Waals surface area contributed by atoms with Crippen molar-refractivity contribution >= 4 is 31.8 Å². The minimum atomic E-state index is -3.70. The van der Waals surface area contributed by atoms with Crippen LogP contribution in [0.5, 0.6) is 0 Å². The van der Waals surface area contributed by atoms with E-state index in [1.165, 1.54) is 16.6 Å². The molecular weight excluding hydrogens is 348 g/mol. The standard InChI is InChI=1S/C11H17BrN4O3S/c1-7-6-16(3-2-9(7)17)20(18,19)10-4-8(12)5-14-11(10)15-13/h4-5,7,9,17H,2-3,6,13H2,1H3,(H,14,15). The number of piperidine rings is 1. The predicted octanol–water partition coefficient (Wildman–Crippen LogP) is 0.521. The Kier molecular flexibility index (Phi) is 4.65. The van der Waals surface area contributed by atoms with Crippen molar-refractivity contribution in [2.75, 3.05) is 18.5 Å². The number of hydrogen-bond acceptors (Lipinski definition) is 6. The first kappa shape index (κ1) is 15.6. The second-order valence-corrected chi connectivity index (χ2v) is 7.66. The number of hydrazine groups is 1. The fourth-order valence-electron chi connectivity index (χ4n) is 2.18. The van der Waals surface area contributed by atoms with Crippen LogP contribution in [0.2, 0.25) is 0 Å². The van der Waals surface area contributed by atoms with Crippen LogP contribution in [0.4, 0.5) is 5.82 Å². The maximum atomic E-state index is 12.7. The van der Waals surface area contributed by atoms with Crippen LogP contribution in [-0.4, -0.2) is 42.0 Å². The normalized spacial score (nSPS) is 24.6. The number of aliphatic hydroxyl groups is 1. The van der Waals surface area contributed by atoms with E-state index in [9.17, 15) is 13.5 Å². The second-order valence-electron chi connectivity index (χ2n) is 4.84. The molecule has 0 spiro atoms. The summed E-state index contributed by atoms with van der Waals surface area (Å²) in [5, 5.41) is 9.70. The Labute approximate surface area is 126 Å². The molecule has 2 atom stereocenters. The van der Waals surface area contributed by atoms with Crippen LogP contribution in [0, 0.1) is 5.92 Å². The van der Waals surface area contributed by atoms with Crippen molar-refractivity contribution in [3.05, 3.63) is 16.7 Å². The molecule has 7 nitrogen and oxygen atoms in total. The molecule has 0 bridgehead atoms. The molecule has 0 aliphatic carbocycles. The Balaban J connectivity index is 2.38. The molecule has 0 saturated carbocycles. The van der Waals surface area contributed by atoms with Crippen molar-refractivity contribution in [2.45, 2.75) is 24.3 Å². The van der Waals surface area contributed by atoms with Crippen LogP contribution < -0.4 is 11.3 Å². The van der Waals surface area contributed by atoms with Gasteiger partial charge in [0, 0.05) is 23.8 Å². The molecule has 0 aromatic carbocycles. The average Bonchev–Trinajstić information content (AvgIpc) is 2.41. The van der Waals surface area contributed by atoms with Gasteiger partial charge in [0.15, 0.2) is 5.82 Å². The Hall–Kier alpha value is -0.740. The highest BCUT2D eigenvalue weighted by Crippen LogP contribution is 2.28. The lowest BCUT2D eigenvalue weighted by molar-refractivity contribution is 0.0629. The molecule has 4 N–H and O–H groups in total. The van der Waals surface area contributed by atoms with Gasteiger partial charge < -0.3 is 10.5 Å². The lowest BCUT2D eigenvalue weighted by Crippen LogP contribution is -2.45. The molecule has 1 aliphatic heterocycles. The molecule has 1 saturated heterocycles. The summed E-state index contributed by atoms with van der Waals surface area (Å²) in [7, 11) is -3.70. The summed E-state index contributed by atoms with van der Waals surface area (Å²) < 4.78 is 27.2. The number of sulfonamides is 1. The largest absolute Gasteiger partial charge is 0.393 e. The molecule has 2 rings (SSSR count). The first-order valence-electron chi connectivity index (χ1n) is 6.16. The van der Waals surface area contributed by atoms with Crippen molar-refractivity contribution in [1.82, 2.24) is 9.29 Å². The van der Waals surface area contributed by atoms with Crippen molar-refractivity contribution in [1.29, 1.82) is 0 Å². The van der Waals surface area contributed by atoms with Crippen LogP contribution in [0.15, 0.2) is 21.6 Å². The SMILES string of the molecule is CC1CN(S(=O)(=O)c2cc(Br)cnc2NN)CCC1O. The summed E-state index contributed by atoms with van der Waals surface area (Å²) in [4.78, 5) is 3.98. The first-order chi connectivity index (χ1) is 9.36. The number of anilines is 1. The van der Waals surface area contributed by atoms with E-state index in [0.717, 1.165) is 0 Å². The number of rotatable bonds is 3. The number of hydrogen-bond donors (Lipinski definition) is 3. The van der Waals surface area contributed by atoms with Gasteiger partial charge in [0.05, 0.1) is 6.10 Å². The van der Waals surface area contributed by atoms with Crippen LogP contribution in [0.1, 0.15) is 13.3 Å². The smallest absolute Gasteiger partial charge is 0.246 e. The van der Waals surface area contributed by atoms with Crippen LogP contribution >= 0.6 is 15.9 Å². The maximum Gasteiger partial charge on any atom is 0.246 e. The van der Waals surface area contributed by atoms with Gasteiger partial charge in [0.2, 0.25) is 10.0 Å². The van der Waals surface area contributed by atoms with Gasteiger partial charge >= 0.3 is 0 Å². The second kappa shape index (κ2) is 5.94. The van der Waals surface area contributed by atoms with Crippen LogP contribution in [0.3, 0.4) is 0 Å². The Morgan fingerprint density at radius 1 is 1.60 bits per heavy atom. The quantitative estimate of drug-likeness (QED) is 0.532. The molecule has 112 valence electrons. The maximum absolute atomic E-state index is 12.7. The van der Waals surface area contributed by atoms with Gasteiger partial charge in [-0.1, -0.05) is 6.92 Å². The Morgan fingerprint density at radius 3 is 2.90 bits per heavy atom. The van der Waals surface area contributed by atoms with Crippen molar-refractivity contribution in [2.24, 2.45) is 11.8 Å². The first-order valence-corrected chi connectivity index (χ1v) is 8.40. The summed E-state index contributed by atoms with van der Waals surface area (Å²) in [6, 6.07) is 1.47. The fourth-order valence-corrected chi connectivity index (χ4v) is 4.35. The van der Waals surface area contributed by atoms with E-state index in [1.54, 1.807) is 0 Å². The summed E-state index contributed by atoms with van der Waals surface area (Å²) in [5.74, 6) is 5.33. The zero-order valence-corrected chi connectivity index (χ0v) is 13.4. The Bertz CT molecular complexity index is 595. The monoisotopic (exact) mass is 364 g/mol. The van der Waals surface area contributed by atoms with Gasteiger partial charge in [-0.05, 0) is 34.3 Å². The molecule has 0 amide bonds. The topological polar surface area (TPSA) is 109 Å². The van der Waals surface area contributed by atoms with Gasteiger partial charge in [0.1, 0.15) is 4.90 Å².